The molecule has 0 unspecified atom stereocenters. The van der Waals surface area contributed by atoms with Gasteiger partial charge in [0.1, 0.15) is 11.0 Å². The molecule has 2 rings (SSSR count). The third kappa shape index (κ3) is 2.69. The van der Waals surface area contributed by atoms with Gasteiger partial charge in [-0.05, 0) is 26.0 Å². The molecule has 0 aliphatic heterocycles. The molecule has 0 saturated heterocycles. The maximum absolute atomic E-state index is 6.15. The summed E-state index contributed by atoms with van der Waals surface area (Å²) in [5.41, 5.74) is 4.65. The minimum atomic E-state index is 0.107. The van der Waals surface area contributed by atoms with E-state index in [1.807, 2.05) is 19.9 Å². The standard InChI is InChI=1S/C10H13ClN6S/c1-5(2)13-10(15-12)14-8-6(11)3-4-7-9(8)17-18-16-7/h3-5H,12H2,1-2H3,(H2,13,14,15). The molecule has 8 heteroatoms. The Morgan fingerprint density at radius 1 is 1.44 bits per heavy atom. The lowest BCUT2D eigenvalue weighted by Gasteiger charge is -2.11. The Morgan fingerprint density at radius 3 is 2.89 bits per heavy atom. The van der Waals surface area contributed by atoms with Gasteiger partial charge in [0, 0.05) is 6.04 Å². The number of fused-ring (bicyclic) bond motifs is 1. The Balaban J connectivity index is 2.41. The fourth-order valence-electron chi connectivity index (χ4n) is 1.43. The van der Waals surface area contributed by atoms with Crippen molar-refractivity contribution in [2.24, 2.45) is 10.8 Å². The molecule has 0 spiro atoms. The monoisotopic (exact) mass is 284 g/mol. The van der Waals surface area contributed by atoms with E-state index in [0.29, 0.717) is 22.2 Å². The zero-order chi connectivity index (χ0) is 13.1. The van der Waals surface area contributed by atoms with Crippen LogP contribution < -0.4 is 16.6 Å². The quantitative estimate of drug-likeness (QED) is 0.340. The van der Waals surface area contributed by atoms with Gasteiger partial charge in [-0.1, -0.05) is 11.6 Å². The second-order valence-corrected chi connectivity index (χ2v) is 4.83. The van der Waals surface area contributed by atoms with Crippen LogP contribution in [0.2, 0.25) is 5.02 Å². The summed E-state index contributed by atoms with van der Waals surface area (Å²) in [4.78, 5) is 4.29. The molecule has 1 heterocycles. The fraction of sp³-hybridized carbons (Fsp3) is 0.300. The molecule has 0 radical (unpaired) electrons. The number of rotatable bonds is 2. The van der Waals surface area contributed by atoms with Crippen LogP contribution in [-0.2, 0) is 0 Å². The molecule has 0 saturated carbocycles. The highest BCUT2D eigenvalue weighted by Crippen LogP contribution is 2.29. The summed E-state index contributed by atoms with van der Waals surface area (Å²) in [7, 11) is 0. The number of anilines is 1. The summed E-state index contributed by atoms with van der Waals surface area (Å²) in [6.07, 6.45) is 0. The first-order valence-corrected chi connectivity index (χ1v) is 6.45. The van der Waals surface area contributed by atoms with Crippen molar-refractivity contribution in [2.45, 2.75) is 19.9 Å². The first-order chi connectivity index (χ1) is 8.61. The van der Waals surface area contributed by atoms with Crippen LogP contribution in [0.4, 0.5) is 5.69 Å². The second-order valence-electron chi connectivity index (χ2n) is 3.90. The average Bonchev–Trinajstić information content (AvgIpc) is 2.79. The number of guanidine groups is 1. The number of hydrogen-bond acceptors (Lipinski definition) is 5. The van der Waals surface area contributed by atoms with Crippen LogP contribution in [0.15, 0.2) is 17.1 Å². The minimum Gasteiger partial charge on any atom is -0.322 e. The molecule has 2 aromatic rings. The molecule has 4 N–H and O–H groups in total. The maximum Gasteiger partial charge on any atom is 0.210 e. The first-order valence-electron chi connectivity index (χ1n) is 5.34. The number of hydrogen-bond donors (Lipinski definition) is 3. The van der Waals surface area contributed by atoms with E-state index in [9.17, 15) is 0 Å². The Morgan fingerprint density at radius 2 is 2.22 bits per heavy atom. The highest BCUT2D eigenvalue weighted by molar-refractivity contribution is 7.00. The second kappa shape index (κ2) is 5.47. The molecule has 18 heavy (non-hydrogen) atoms. The van der Waals surface area contributed by atoms with Crippen LogP contribution in [0.3, 0.4) is 0 Å². The Bertz CT molecular complexity index is 579. The number of aromatic nitrogens is 2. The van der Waals surface area contributed by atoms with Crippen LogP contribution in [0.1, 0.15) is 13.8 Å². The van der Waals surface area contributed by atoms with Gasteiger partial charge in [-0.3, -0.25) is 5.43 Å². The van der Waals surface area contributed by atoms with Gasteiger partial charge in [0.05, 0.1) is 22.4 Å². The summed E-state index contributed by atoms with van der Waals surface area (Å²) >= 11 is 7.28. The molecule has 1 aromatic heterocycles. The normalized spacial score (nSPS) is 12.2. The largest absolute Gasteiger partial charge is 0.322 e. The summed E-state index contributed by atoms with van der Waals surface area (Å²) in [5, 5.41) is 3.59. The molecule has 0 amide bonds. The number of nitrogens with two attached hydrogens (primary N) is 1. The van der Waals surface area contributed by atoms with Gasteiger partial charge in [-0.2, -0.15) is 8.75 Å². The minimum absolute atomic E-state index is 0.107. The zero-order valence-corrected chi connectivity index (χ0v) is 11.5. The lowest BCUT2D eigenvalue weighted by Crippen LogP contribution is -2.37. The van der Waals surface area contributed by atoms with Gasteiger partial charge >= 0.3 is 0 Å². The van der Waals surface area contributed by atoms with Crippen LogP contribution in [-0.4, -0.2) is 20.7 Å². The number of halogens is 1. The molecule has 0 bridgehead atoms. The molecule has 0 aliphatic carbocycles. The third-order valence-electron chi connectivity index (χ3n) is 2.14. The van der Waals surface area contributed by atoms with Crippen molar-refractivity contribution in [1.82, 2.24) is 14.2 Å². The number of nitrogens with one attached hydrogen (secondary N) is 2. The maximum atomic E-state index is 6.15. The van der Waals surface area contributed by atoms with Crippen molar-refractivity contribution in [3.05, 3.63) is 17.2 Å². The molecule has 0 atom stereocenters. The fourth-order valence-corrected chi connectivity index (χ4v) is 2.17. The van der Waals surface area contributed by atoms with Crippen molar-refractivity contribution in [1.29, 1.82) is 0 Å². The van der Waals surface area contributed by atoms with Gasteiger partial charge in [-0.25, -0.2) is 10.8 Å². The molecule has 0 fully saturated rings. The molecule has 6 nitrogen and oxygen atoms in total. The molecule has 96 valence electrons. The highest BCUT2D eigenvalue weighted by Gasteiger charge is 2.11. The van der Waals surface area contributed by atoms with Crippen LogP contribution in [0.5, 0.6) is 0 Å². The number of aliphatic imine (C=N–C) groups is 1. The van der Waals surface area contributed by atoms with Crippen molar-refractivity contribution in [2.75, 3.05) is 5.32 Å². The van der Waals surface area contributed by atoms with E-state index < -0.39 is 0 Å². The molecular formula is C10H13ClN6S. The van der Waals surface area contributed by atoms with E-state index in [1.54, 1.807) is 6.07 Å². The van der Waals surface area contributed by atoms with E-state index in [1.165, 1.54) is 0 Å². The van der Waals surface area contributed by atoms with Gasteiger partial charge in [0.25, 0.3) is 0 Å². The summed E-state index contributed by atoms with van der Waals surface area (Å²) in [6, 6.07) is 3.69. The third-order valence-corrected chi connectivity index (χ3v) is 3.00. The summed E-state index contributed by atoms with van der Waals surface area (Å²) < 4.78 is 8.36. The van der Waals surface area contributed by atoms with E-state index in [0.717, 1.165) is 17.2 Å². The van der Waals surface area contributed by atoms with Crippen molar-refractivity contribution >= 4 is 46.0 Å². The van der Waals surface area contributed by atoms with Gasteiger partial charge in [0.15, 0.2) is 0 Å². The van der Waals surface area contributed by atoms with Gasteiger partial charge < -0.3 is 5.32 Å². The van der Waals surface area contributed by atoms with Crippen molar-refractivity contribution in [3.8, 4) is 0 Å². The lowest BCUT2D eigenvalue weighted by atomic mass is 10.2. The smallest absolute Gasteiger partial charge is 0.210 e. The van der Waals surface area contributed by atoms with Gasteiger partial charge in [0.2, 0.25) is 5.96 Å². The van der Waals surface area contributed by atoms with Crippen LogP contribution in [0, 0.1) is 0 Å². The number of benzene rings is 1. The zero-order valence-electron chi connectivity index (χ0n) is 9.94. The van der Waals surface area contributed by atoms with Gasteiger partial charge in [-0.15, -0.1) is 0 Å². The van der Waals surface area contributed by atoms with E-state index in [4.69, 9.17) is 17.4 Å². The Hall–Kier alpha value is -1.44. The van der Waals surface area contributed by atoms with Crippen LogP contribution >= 0.6 is 23.3 Å². The van der Waals surface area contributed by atoms with E-state index in [2.05, 4.69) is 24.5 Å². The first kappa shape index (κ1) is 13.0. The van der Waals surface area contributed by atoms with Crippen LogP contribution in [0.25, 0.3) is 11.0 Å². The molecule has 0 aliphatic rings. The molecule has 1 aromatic carbocycles. The Labute approximate surface area is 114 Å². The van der Waals surface area contributed by atoms with Crippen molar-refractivity contribution < 1.29 is 0 Å². The van der Waals surface area contributed by atoms with E-state index >= 15 is 0 Å². The average molecular weight is 285 g/mol. The van der Waals surface area contributed by atoms with E-state index in [-0.39, 0.29) is 6.04 Å². The topological polar surface area (TPSA) is 88.2 Å². The predicted octanol–water partition coefficient (Wildman–Crippen LogP) is 1.98. The predicted molar refractivity (Wildman–Crippen MR) is 75.9 cm³/mol. The molecular weight excluding hydrogens is 272 g/mol. The lowest BCUT2D eigenvalue weighted by molar-refractivity contribution is 0.819. The highest BCUT2D eigenvalue weighted by atomic mass is 35.5. The Kier molecular flexibility index (Phi) is 3.95. The SMILES string of the molecule is CC(C)N=C(NN)Nc1c(Cl)ccc2nsnc12. The van der Waals surface area contributed by atoms with Crippen molar-refractivity contribution in [3.63, 3.8) is 0 Å². The summed E-state index contributed by atoms with van der Waals surface area (Å²) in [6.45, 7) is 3.90. The number of nitrogens with zero attached hydrogens (tertiary/aromatic N) is 3. The number of hydrazine groups is 1. The summed E-state index contributed by atoms with van der Waals surface area (Å²) in [5.74, 6) is 5.86.